The first-order chi connectivity index (χ1) is 12.8. The zero-order valence-electron chi connectivity index (χ0n) is 17.2. The molecule has 0 atom stereocenters. The van der Waals surface area contributed by atoms with E-state index in [1.165, 1.54) is 5.56 Å². The summed E-state index contributed by atoms with van der Waals surface area (Å²) in [6.45, 7) is 14.5. The van der Waals surface area contributed by atoms with E-state index in [-0.39, 0.29) is 18.1 Å². The highest BCUT2D eigenvalue weighted by Gasteiger charge is 2.13. The van der Waals surface area contributed by atoms with Crippen LogP contribution in [-0.4, -0.2) is 46.8 Å². The number of nitrogens with zero attached hydrogens (tertiary/aromatic N) is 3. The lowest BCUT2D eigenvalue weighted by Crippen LogP contribution is -2.35. The zero-order chi connectivity index (χ0) is 19.9. The van der Waals surface area contributed by atoms with Gasteiger partial charge in [0.1, 0.15) is 11.4 Å². The summed E-state index contributed by atoms with van der Waals surface area (Å²) in [6, 6.07) is 9.79. The molecule has 0 aliphatic carbocycles. The third-order valence-electron chi connectivity index (χ3n) is 4.57. The summed E-state index contributed by atoms with van der Waals surface area (Å²) in [7, 11) is 0. The molecule has 2 aromatic rings. The van der Waals surface area contributed by atoms with Crippen molar-refractivity contribution in [3.05, 3.63) is 47.8 Å². The second kappa shape index (κ2) is 9.55. The Hall–Kier alpha value is -2.34. The second-order valence-corrected chi connectivity index (χ2v) is 7.57. The van der Waals surface area contributed by atoms with Gasteiger partial charge in [-0.15, -0.1) is 0 Å². The van der Waals surface area contributed by atoms with Gasteiger partial charge in [0, 0.05) is 19.3 Å². The molecule has 1 aromatic heterocycles. The fourth-order valence-corrected chi connectivity index (χ4v) is 2.70. The van der Waals surface area contributed by atoms with Crippen LogP contribution in [0.15, 0.2) is 36.5 Å². The molecule has 0 aliphatic rings. The molecule has 0 saturated heterocycles. The Morgan fingerprint density at radius 3 is 2.41 bits per heavy atom. The van der Waals surface area contributed by atoms with Gasteiger partial charge in [-0.1, -0.05) is 46.8 Å². The Balaban J connectivity index is 1.82. The number of carbonyl (C=O) groups excluding carboxylic acids is 1. The van der Waals surface area contributed by atoms with Crippen molar-refractivity contribution in [3.63, 3.8) is 0 Å². The summed E-state index contributed by atoms with van der Waals surface area (Å²) >= 11 is 0. The second-order valence-electron chi connectivity index (χ2n) is 7.57. The molecule has 1 N–H and O–H groups in total. The normalized spacial score (nSPS) is 11.6. The van der Waals surface area contributed by atoms with Crippen molar-refractivity contribution in [1.29, 1.82) is 0 Å². The van der Waals surface area contributed by atoms with E-state index in [4.69, 9.17) is 4.74 Å². The quantitative estimate of drug-likeness (QED) is 0.734. The van der Waals surface area contributed by atoms with Gasteiger partial charge in [0.05, 0.1) is 0 Å². The highest BCUT2D eigenvalue weighted by Crippen LogP contribution is 2.24. The molecule has 0 saturated carbocycles. The largest absolute Gasteiger partial charge is 0.471 e. The maximum atomic E-state index is 12.2. The zero-order valence-corrected chi connectivity index (χ0v) is 17.2. The van der Waals surface area contributed by atoms with Crippen LogP contribution in [0.4, 0.5) is 0 Å². The molecule has 2 rings (SSSR count). The number of carbonyl (C=O) groups is 1. The highest BCUT2D eigenvalue weighted by atomic mass is 16.5. The molecule has 1 aromatic carbocycles. The molecule has 0 unspecified atom stereocenters. The van der Waals surface area contributed by atoms with Gasteiger partial charge in [-0.3, -0.25) is 4.79 Å². The molecule has 0 fully saturated rings. The molecule has 0 aliphatic heterocycles. The molecular formula is C21H32N4O2. The summed E-state index contributed by atoms with van der Waals surface area (Å²) < 4.78 is 7.38. The summed E-state index contributed by atoms with van der Waals surface area (Å²) in [5.41, 5.74) is 1.78. The Morgan fingerprint density at radius 1 is 1.15 bits per heavy atom. The fraction of sp³-hybridized carbons (Fsp3) is 0.524. The van der Waals surface area contributed by atoms with Crippen LogP contribution in [-0.2, 0) is 12.1 Å². The lowest BCUT2D eigenvalue weighted by Gasteiger charge is -2.19. The molecular weight excluding hydrogens is 340 g/mol. The Labute approximate surface area is 162 Å². The maximum Gasteiger partial charge on any atom is 0.271 e. The maximum absolute atomic E-state index is 12.2. The van der Waals surface area contributed by atoms with E-state index in [9.17, 15) is 4.79 Å². The number of nitrogens with one attached hydrogen (secondary N) is 1. The number of benzene rings is 1. The van der Waals surface area contributed by atoms with E-state index >= 15 is 0 Å². The van der Waals surface area contributed by atoms with Crippen molar-refractivity contribution in [2.24, 2.45) is 0 Å². The van der Waals surface area contributed by atoms with Crippen LogP contribution < -0.4 is 10.1 Å². The fourth-order valence-electron chi connectivity index (χ4n) is 2.70. The van der Waals surface area contributed by atoms with Crippen LogP contribution in [0.5, 0.6) is 5.75 Å². The van der Waals surface area contributed by atoms with Crippen molar-refractivity contribution in [3.8, 4) is 5.75 Å². The van der Waals surface area contributed by atoms with E-state index in [2.05, 4.69) is 62.1 Å². The Bertz CT molecular complexity index is 713. The van der Waals surface area contributed by atoms with Crippen LogP contribution in [0, 0.1) is 0 Å². The predicted molar refractivity (Wildman–Crippen MR) is 108 cm³/mol. The summed E-state index contributed by atoms with van der Waals surface area (Å²) in [5.74, 6) is 0.624. The molecule has 1 heterocycles. The monoisotopic (exact) mass is 372 g/mol. The minimum atomic E-state index is -0.157. The lowest BCUT2D eigenvalue weighted by atomic mass is 9.87. The van der Waals surface area contributed by atoms with Gasteiger partial charge in [0.15, 0.2) is 6.73 Å². The number of amides is 1. The third-order valence-corrected chi connectivity index (χ3v) is 4.57. The SMILES string of the molecule is CCN(CC)CCNC(=O)c1ccn(COc2ccc(C(C)(C)C)cc2)n1. The standard InChI is InChI=1S/C21H32N4O2/c1-6-24(7-2)15-13-22-20(26)19-12-14-25(23-19)16-27-18-10-8-17(9-11-18)21(3,4)5/h8-12,14H,6-7,13,15-16H2,1-5H3,(H,22,26). The minimum Gasteiger partial charge on any atom is -0.471 e. The van der Waals surface area contributed by atoms with Gasteiger partial charge in [-0.2, -0.15) is 5.10 Å². The van der Waals surface area contributed by atoms with Crippen LogP contribution >= 0.6 is 0 Å². The van der Waals surface area contributed by atoms with E-state index in [1.807, 2.05) is 12.1 Å². The smallest absolute Gasteiger partial charge is 0.271 e. The lowest BCUT2D eigenvalue weighted by molar-refractivity contribution is 0.0942. The summed E-state index contributed by atoms with van der Waals surface area (Å²) in [5, 5.41) is 7.19. The first-order valence-corrected chi connectivity index (χ1v) is 9.60. The molecule has 27 heavy (non-hydrogen) atoms. The summed E-state index contributed by atoms with van der Waals surface area (Å²) in [4.78, 5) is 14.4. The first-order valence-electron chi connectivity index (χ1n) is 9.60. The van der Waals surface area contributed by atoms with Gasteiger partial charge >= 0.3 is 0 Å². The average Bonchev–Trinajstić information content (AvgIpc) is 3.12. The molecule has 0 spiro atoms. The molecule has 0 radical (unpaired) electrons. The number of rotatable bonds is 9. The van der Waals surface area contributed by atoms with Gasteiger partial charge in [-0.05, 0) is 42.3 Å². The third kappa shape index (κ3) is 6.40. The van der Waals surface area contributed by atoms with Crippen molar-refractivity contribution >= 4 is 5.91 Å². The van der Waals surface area contributed by atoms with E-state index < -0.39 is 0 Å². The Kier molecular flexibility index (Phi) is 7.42. The molecule has 1 amide bonds. The van der Waals surface area contributed by atoms with Gasteiger partial charge in [-0.25, -0.2) is 4.68 Å². The average molecular weight is 373 g/mol. The topological polar surface area (TPSA) is 59.4 Å². The molecule has 6 heteroatoms. The van der Waals surface area contributed by atoms with Crippen LogP contribution in [0.25, 0.3) is 0 Å². The molecule has 148 valence electrons. The van der Waals surface area contributed by atoms with Crippen molar-refractivity contribution < 1.29 is 9.53 Å². The number of hydrogen-bond acceptors (Lipinski definition) is 4. The van der Waals surface area contributed by atoms with Gasteiger partial charge in [0.2, 0.25) is 0 Å². The highest BCUT2D eigenvalue weighted by molar-refractivity contribution is 5.92. The van der Waals surface area contributed by atoms with Crippen LogP contribution in [0.3, 0.4) is 0 Å². The number of ether oxygens (including phenoxy) is 1. The number of likely N-dealkylation sites (N-methyl/N-ethyl adjacent to an activating group) is 1. The van der Waals surface area contributed by atoms with Gasteiger partial charge in [0.25, 0.3) is 5.91 Å². The predicted octanol–water partition coefficient (Wildman–Crippen LogP) is 3.29. The van der Waals surface area contributed by atoms with Crippen molar-refractivity contribution in [2.45, 2.75) is 46.8 Å². The van der Waals surface area contributed by atoms with Crippen molar-refractivity contribution in [1.82, 2.24) is 20.0 Å². The minimum absolute atomic E-state index is 0.119. The first kappa shape index (κ1) is 21.0. The molecule has 6 nitrogen and oxygen atoms in total. The van der Waals surface area contributed by atoms with E-state index in [1.54, 1.807) is 16.9 Å². The van der Waals surface area contributed by atoms with Crippen LogP contribution in [0.2, 0.25) is 0 Å². The number of hydrogen-bond donors (Lipinski definition) is 1. The van der Waals surface area contributed by atoms with Crippen LogP contribution in [0.1, 0.15) is 50.7 Å². The van der Waals surface area contributed by atoms with Gasteiger partial charge < -0.3 is 15.0 Å². The molecule has 0 bridgehead atoms. The summed E-state index contributed by atoms with van der Waals surface area (Å²) in [6.07, 6.45) is 1.75. The Morgan fingerprint density at radius 2 is 1.81 bits per heavy atom. The van der Waals surface area contributed by atoms with E-state index in [0.717, 1.165) is 25.4 Å². The van der Waals surface area contributed by atoms with Crippen molar-refractivity contribution in [2.75, 3.05) is 26.2 Å². The van der Waals surface area contributed by atoms with E-state index in [0.29, 0.717) is 12.2 Å². The number of aromatic nitrogens is 2.